The third-order valence-corrected chi connectivity index (χ3v) is 6.76. The van der Waals surface area contributed by atoms with Gasteiger partial charge in [-0.25, -0.2) is 0 Å². The highest BCUT2D eigenvalue weighted by Crippen LogP contribution is 2.39. The quantitative estimate of drug-likeness (QED) is 0.616. The summed E-state index contributed by atoms with van der Waals surface area (Å²) in [4.78, 5) is 17.8. The van der Waals surface area contributed by atoms with E-state index in [4.69, 9.17) is 4.74 Å². The molecule has 1 fully saturated rings. The number of aromatic hydroxyl groups is 1. The number of phenols is 1. The molecule has 0 aliphatic carbocycles. The second-order valence-corrected chi connectivity index (χ2v) is 8.97. The summed E-state index contributed by atoms with van der Waals surface area (Å²) in [6.07, 6.45) is 6.52. The zero-order valence-electron chi connectivity index (χ0n) is 18.7. The van der Waals surface area contributed by atoms with Crippen LogP contribution in [0.2, 0.25) is 0 Å². The van der Waals surface area contributed by atoms with Gasteiger partial charge in [0.2, 0.25) is 6.10 Å². The average molecular weight is 423 g/mol. The molecule has 1 N–H and O–H groups in total. The number of piperidine rings is 1. The molecule has 3 unspecified atom stereocenters. The number of carbonyl (C=O) groups is 1. The molecule has 1 amide bonds. The summed E-state index contributed by atoms with van der Waals surface area (Å²) in [5.41, 5.74) is 1.61. The molecule has 0 saturated carbocycles. The molecule has 0 radical (unpaired) electrons. The Morgan fingerprint density at radius 2 is 1.61 bits per heavy atom. The van der Waals surface area contributed by atoms with Crippen molar-refractivity contribution in [2.75, 3.05) is 18.0 Å². The number of hydrogen-bond donors (Lipinski definition) is 1. The minimum absolute atomic E-state index is 0.0392. The number of amides is 1. The SMILES string of the molecule is CC1CCCC(C)N1CCCCCN1C(=O)C(c2ccc(O)cc2)Oc2ccccc21. The standard InChI is InChI=1S/C26H34N2O3/c1-19-9-8-10-20(2)27(19)17-6-3-7-18-28-23-11-4-5-12-24(23)31-25(26(28)30)21-13-15-22(29)16-14-21/h4-5,11-16,19-20,25,29H,3,6-10,17-18H2,1-2H3. The summed E-state index contributed by atoms with van der Waals surface area (Å²) in [5, 5.41) is 9.58. The van der Waals surface area contributed by atoms with Crippen molar-refractivity contribution in [3.63, 3.8) is 0 Å². The Balaban J connectivity index is 1.38. The number of anilines is 1. The Morgan fingerprint density at radius 3 is 2.35 bits per heavy atom. The molecule has 2 aromatic carbocycles. The number of para-hydroxylation sites is 2. The predicted octanol–water partition coefficient (Wildman–Crippen LogP) is 5.29. The highest BCUT2D eigenvalue weighted by atomic mass is 16.5. The van der Waals surface area contributed by atoms with Crippen LogP contribution in [0.15, 0.2) is 48.5 Å². The molecule has 0 spiro atoms. The van der Waals surface area contributed by atoms with Gasteiger partial charge in [0.1, 0.15) is 11.5 Å². The second kappa shape index (κ2) is 9.73. The first-order valence-corrected chi connectivity index (χ1v) is 11.7. The van der Waals surface area contributed by atoms with Crippen LogP contribution in [0.3, 0.4) is 0 Å². The summed E-state index contributed by atoms with van der Waals surface area (Å²) in [7, 11) is 0. The fourth-order valence-corrected chi connectivity index (χ4v) is 4.96. The molecule has 2 aromatic rings. The van der Waals surface area contributed by atoms with Gasteiger partial charge in [0.05, 0.1) is 5.69 Å². The first kappa shape index (κ1) is 21.7. The first-order valence-electron chi connectivity index (χ1n) is 11.7. The maximum Gasteiger partial charge on any atom is 0.272 e. The molecule has 3 atom stereocenters. The third-order valence-electron chi connectivity index (χ3n) is 6.76. The molecule has 2 aliphatic rings. The van der Waals surface area contributed by atoms with Crippen LogP contribution in [0.4, 0.5) is 5.69 Å². The van der Waals surface area contributed by atoms with Gasteiger partial charge < -0.3 is 14.7 Å². The number of likely N-dealkylation sites (tertiary alicyclic amines) is 1. The zero-order chi connectivity index (χ0) is 21.8. The molecular weight excluding hydrogens is 388 g/mol. The Bertz CT molecular complexity index is 872. The molecular formula is C26H34N2O3. The first-order chi connectivity index (χ1) is 15.0. The number of phenolic OH excluding ortho intramolecular Hbond substituents is 1. The molecule has 31 heavy (non-hydrogen) atoms. The normalized spacial score (nSPS) is 24.0. The monoisotopic (exact) mass is 422 g/mol. The van der Waals surface area contributed by atoms with Gasteiger partial charge in [-0.1, -0.05) is 37.1 Å². The Hall–Kier alpha value is -2.53. The van der Waals surface area contributed by atoms with Crippen LogP contribution in [0, 0.1) is 0 Å². The summed E-state index contributed by atoms with van der Waals surface area (Å²) in [6, 6.07) is 15.8. The molecule has 2 aliphatic heterocycles. The van der Waals surface area contributed by atoms with Gasteiger partial charge in [0.15, 0.2) is 0 Å². The van der Waals surface area contributed by atoms with Crippen molar-refractivity contribution in [1.82, 2.24) is 4.90 Å². The van der Waals surface area contributed by atoms with Crippen molar-refractivity contribution in [3.8, 4) is 11.5 Å². The maximum absolute atomic E-state index is 13.3. The van der Waals surface area contributed by atoms with E-state index >= 15 is 0 Å². The summed E-state index contributed by atoms with van der Waals surface area (Å²) < 4.78 is 6.05. The Labute approximate surface area is 185 Å². The number of unbranched alkanes of at least 4 members (excludes halogenated alkanes) is 2. The van der Waals surface area contributed by atoms with Gasteiger partial charge in [-0.3, -0.25) is 9.69 Å². The van der Waals surface area contributed by atoms with Crippen LogP contribution >= 0.6 is 0 Å². The number of hydrogen-bond acceptors (Lipinski definition) is 4. The number of rotatable bonds is 7. The van der Waals surface area contributed by atoms with E-state index in [9.17, 15) is 9.90 Å². The van der Waals surface area contributed by atoms with Crippen molar-refractivity contribution in [2.24, 2.45) is 0 Å². The summed E-state index contributed by atoms with van der Waals surface area (Å²) in [6.45, 7) is 6.54. The molecule has 1 saturated heterocycles. The lowest BCUT2D eigenvalue weighted by molar-refractivity contribution is -0.126. The van der Waals surface area contributed by atoms with Crippen LogP contribution < -0.4 is 9.64 Å². The fourth-order valence-electron chi connectivity index (χ4n) is 4.96. The van der Waals surface area contributed by atoms with E-state index in [0.29, 0.717) is 18.6 Å². The van der Waals surface area contributed by atoms with E-state index in [1.807, 2.05) is 29.2 Å². The van der Waals surface area contributed by atoms with Gasteiger partial charge >= 0.3 is 0 Å². The van der Waals surface area contributed by atoms with Crippen molar-refractivity contribution < 1.29 is 14.6 Å². The smallest absolute Gasteiger partial charge is 0.272 e. The lowest BCUT2D eigenvalue weighted by Gasteiger charge is -2.39. The maximum atomic E-state index is 13.3. The molecule has 5 nitrogen and oxygen atoms in total. The van der Waals surface area contributed by atoms with E-state index in [1.54, 1.807) is 24.3 Å². The minimum Gasteiger partial charge on any atom is -0.508 e. The predicted molar refractivity (Wildman–Crippen MR) is 124 cm³/mol. The third kappa shape index (κ3) is 4.87. The second-order valence-electron chi connectivity index (χ2n) is 8.97. The Kier molecular flexibility index (Phi) is 6.81. The topological polar surface area (TPSA) is 53.0 Å². The van der Waals surface area contributed by atoms with Crippen LogP contribution in [-0.4, -0.2) is 41.1 Å². The lowest BCUT2D eigenvalue weighted by Crippen LogP contribution is -2.44. The van der Waals surface area contributed by atoms with Crippen LogP contribution in [0.5, 0.6) is 11.5 Å². The van der Waals surface area contributed by atoms with E-state index in [0.717, 1.165) is 42.8 Å². The van der Waals surface area contributed by atoms with Crippen LogP contribution in [-0.2, 0) is 4.79 Å². The molecule has 2 heterocycles. The largest absolute Gasteiger partial charge is 0.508 e. The van der Waals surface area contributed by atoms with Gasteiger partial charge in [-0.15, -0.1) is 0 Å². The highest BCUT2D eigenvalue weighted by Gasteiger charge is 2.35. The van der Waals surface area contributed by atoms with Crippen molar-refractivity contribution in [2.45, 2.75) is 70.6 Å². The number of fused-ring (bicyclic) bond motifs is 1. The lowest BCUT2D eigenvalue weighted by atomic mass is 9.97. The minimum atomic E-state index is -0.675. The van der Waals surface area contributed by atoms with Gasteiger partial charge in [-0.05, 0) is 70.3 Å². The number of carbonyl (C=O) groups excluding carboxylic acids is 1. The zero-order valence-corrected chi connectivity index (χ0v) is 18.7. The molecule has 5 heteroatoms. The number of benzene rings is 2. The number of ether oxygens (including phenoxy) is 1. The van der Waals surface area contributed by atoms with E-state index in [2.05, 4.69) is 18.7 Å². The fraction of sp³-hybridized carbons (Fsp3) is 0.500. The Morgan fingerprint density at radius 1 is 0.935 bits per heavy atom. The van der Waals surface area contributed by atoms with Gasteiger partial charge in [-0.2, -0.15) is 0 Å². The van der Waals surface area contributed by atoms with Gasteiger partial charge in [0, 0.05) is 24.2 Å². The van der Waals surface area contributed by atoms with E-state index in [-0.39, 0.29) is 11.7 Å². The molecule has 4 rings (SSSR count). The van der Waals surface area contributed by atoms with Crippen molar-refractivity contribution >= 4 is 11.6 Å². The van der Waals surface area contributed by atoms with E-state index in [1.165, 1.54) is 19.3 Å². The van der Waals surface area contributed by atoms with Gasteiger partial charge in [0.25, 0.3) is 5.91 Å². The van der Waals surface area contributed by atoms with Crippen LogP contribution in [0.25, 0.3) is 0 Å². The van der Waals surface area contributed by atoms with E-state index < -0.39 is 6.10 Å². The summed E-state index contributed by atoms with van der Waals surface area (Å²) >= 11 is 0. The van der Waals surface area contributed by atoms with Crippen molar-refractivity contribution in [1.29, 1.82) is 0 Å². The van der Waals surface area contributed by atoms with Crippen LogP contribution in [0.1, 0.15) is 64.0 Å². The van der Waals surface area contributed by atoms with Crippen molar-refractivity contribution in [3.05, 3.63) is 54.1 Å². The molecule has 0 aromatic heterocycles. The average Bonchev–Trinajstić information content (AvgIpc) is 2.77. The molecule has 0 bridgehead atoms. The number of nitrogens with zero attached hydrogens (tertiary/aromatic N) is 2. The molecule has 166 valence electrons. The summed E-state index contributed by atoms with van der Waals surface area (Å²) in [5.74, 6) is 0.875. The highest BCUT2D eigenvalue weighted by molar-refractivity contribution is 6.00.